The molecule has 0 spiro atoms. The number of carbonyl (C=O) groups excluding carboxylic acids is 2. The van der Waals surface area contributed by atoms with Crippen LogP contribution in [-0.4, -0.2) is 16.8 Å². The Morgan fingerprint density at radius 3 is 2.61 bits per heavy atom. The van der Waals surface area contributed by atoms with Crippen molar-refractivity contribution in [1.29, 1.82) is 0 Å². The third-order valence-electron chi connectivity index (χ3n) is 4.06. The summed E-state index contributed by atoms with van der Waals surface area (Å²) in [7, 11) is 0. The molecule has 2 aromatic rings. The van der Waals surface area contributed by atoms with Gasteiger partial charge in [0.15, 0.2) is 5.13 Å². The maximum Gasteiger partial charge on any atom is 0.259 e. The molecule has 0 radical (unpaired) electrons. The highest BCUT2D eigenvalue weighted by atomic mass is 32.1. The maximum absolute atomic E-state index is 12.4. The first-order valence-corrected chi connectivity index (χ1v) is 8.73. The zero-order valence-corrected chi connectivity index (χ0v) is 13.6. The van der Waals surface area contributed by atoms with Crippen molar-refractivity contribution in [2.45, 2.75) is 32.1 Å². The molecule has 2 N–H and O–H groups in total. The van der Waals surface area contributed by atoms with Crippen molar-refractivity contribution < 1.29 is 9.59 Å². The minimum Gasteiger partial charge on any atom is -0.325 e. The number of nitrogens with one attached hydrogen (secondary N) is 2. The summed E-state index contributed by atoms with van der Waals surface area (Å²) in [6.07, 6.45) is 6.90. The Morgan fingerprint density at radius 2 is 1.87 bits per heavy atom. The summed E-state index contributed by atoms with van der Waals surface area (Å²) in [4.78, 5) is 28.8. The van der Waals surface area contributed by atoms with E-state index in [-0.39, 0.29) is 17.7 Å². The first-order chi connectivity index (χ1) is 11.2. The molecule has 0 atom stereocenters. The van der Waals surface area contributed by atoms with E-state index in [1.54, 1.807) is 29.8 Å². The molecule has 23 heavy (non-hydrogen) atoms. The fourth-order valence-corrected chi connectivity index (χ4v) is 3.36. The molecule has 1 heterocycles. The molecule has 1 aromatic carbocycles. The summed E-state index contributed by atoms with van der Waals surface area (Å²) in [5.74, 6) is -0.197. The van der Waals surface area contributed by atoms with Gasteiger partial charge in [-0.1, -0.05) is 31.4 Å². The van der Waals surface area contributed by atoms with E-state index in [4.69, 9.17) is 0 Å². The van der Waals surface area contributed by atoms with Crippen molar-refractivity contribution in [3.63, 3.8) is 0 Å². The van der Waals surface area contributed by atoms with E-state index in [1.807, 2.05) is 6.07 Å². The summed E-state index contributed by atoms with van der Waals surface area (Å²) >= 11 is 1.36. The van der Waals surface area contributed by atoms with Gasteiger partial charge in [-0.25, -0.2) is 4.98 Å². The number of para-hydroxylation sites is 1. The molecule has 0 unspecified atom stereocenters. The van der Waals surface area contributed by atoms with Crippen LogP contribution in [0.15, 0.2) is 35.8 Å². The van der Waals surface area contributed by atoms with Gasteiger partial charge in [0, 0.05) is 17.5 Å². The predicted molar refractivity (Wildman–Crippen MR) is 91.7 cm³/mol. The van der Waals surface area contributed by atoms with E-state index in [0.717, 1.165) is 25.7 Å². The highest BCUT2D eigenvalue weighted by Crippen LogP contribution is 2.26. The lowest BCUT2D eigenvalue weighted by atomic mass is 9.88. The van der Waals surface area contributed by atoms with Crippen LogP contribution in [0.2, 0.25) is 0 Å². The van der Waals surface area contributed by atoms with Gasteiger partial charge < -0.3 is 5.32 Å². The van der Waals surface area contributed by atoms with Crippen molar-refractivity contribution in [2.24, 2.45) is 5.92 Å². The molecule has 1 aromatic heterocycles. The second-order valence-corrected chi connectivity index (χ2v) is 6.56. The van der Waals surface area contributed by atoms with Crippen LogP contribution in [0.1, 0.15) is 42.5 Å². The fourth-order valence-electron chi connectivity index (χ4n) is 2.84. The van der Waals surface area contributed by atoms with Crippen LogP contribution in [0.3, 0.4) is 0 Å². The normalized spacial score (nSPS) is 15.1. The number of hydrogen-bond acceptors (Lipinski definition) is 4. The van der Waals surface area contributed by atoms with Crippen LogP contribution < -0.4 is 10.6 Å². The minimum absolute atomic E-state index is 0.0131. The number of aromatic nitrogens is 1. The van der Waals surface area contributed by atoms with E-state index in [2.05, 4.69) is 15.6 Å². The van der Waals surface area contributed by atoms with Gasteiger partial charge in [0.05, 0.1) is 11.3 Å². The van der Waals surface area contributed by atoms with Crippen molar-refractivity contribution in [1.82, 2.24) is 4.98 Å². The number of hydrogen-bond donors (Lipinski definition) is 2. The van der Waals surface area contributed by atoms with Crippen LogP contribution in [0, 0.1) is 5.92 Å². The average Bonchev–Trinajstić information content (AvgIpc) is 3.09. The molecule has 6 heteroatoms. The van der Waals surface area contributed by atoms with E-state index >= 15 is 0 Å². The van der Waals surface area contributed by atoms with Gasteiger partial charge >= 0.3 is 0 Å². The zero-order valence-electron chi connectivity index (χ0n) is 12.7. The molecular formula is C17H19N3O2S. The quantitative estimate of drug-likeness (QED) is 0.893. The van der Waals surface area contributed by atoms with Crippen LogP contribution in [0.25, 0.3) is 0 Å². The van der Waals surface area contributed by atoms with Crippen LogP contribution in [0.4, 0.5) is 10.8 Å². The lowest BCUT2D eigenvalue weighted by Crippen LogP contribution is -2.26. The van der Waals surface area contributed by atoms with Gasteiger partial charge in [-0.3, -0.25) is 14.9 Å². The number of nitrogens with zero attached hydrogens (tertiary/aromatic N) is 1. The van der Waals surface area contributed by atoms with Gasteiger partial charge in [-0.2, -0.15) is 0 Å². The van der Waals surface area contributed by atoms with E-state index in [9.17, 15) is 9.59 Å². The first-order valence-electron chi connectivity index (χ1n) is 7.85. The average molecular weight is 329 g/mol. The Morgan fingerprint density at radius 1 is 1.09 bits per heavy atom. The largest absolute Gasteiger partial charge is 0.325 e. The number of benzene rings is 1. The predicted octanol–water partition coefficient (Wildman–Crippen LogP) is 3.91. The number of rotatable bonds is 4. The topological polar surface area (TPSA) is 71.1 Å². The Bertz CT molecular complexity index is 679. The van der Waals surface area contributed by atoms with Crippen molar-refractivity contribution in [2.75, 3.05) is 10.6 Å². The maximum atomic E-state index is 12.4. The summed E-state index contributed by atoms with van der Waals surface area (Å²) in [5.41, 5.74) is 1.00. The number of amides is 2. The van der Waals surface area contributed by atoms with Crippen LogP contribution in [0.5, 0.6) is 0 Å². The molecule has 1 fully saturated rings. The molecule has 0 bridgehead atoms. The molecule has 1 aliphatic rings. The fraction of sp³-hybridized carbons (Fsp3) is 0.353. The van der Waals surface area contributed by atoms with Crippen LogP contribution in [-0.2, 0) is 4.79 Å². The summed E-state index contributed by atoms with van der Waals surface area (Å²) in [6, 6.07) is 7.07. The first kappa shape index (κ1) is 15.7. The van der Waals surface area contributed by atoms with E-state index in [1.165, 1.54) is 17.8 Å². The highest BCUT2D eigenvalue weighted by molar-refractivity contribution is 7.13. The molecule has 5 nitrogen and oxygen atoms in total. The molecule has 0 saturated heterocycles. The standard InChI is InChI=1S/C17H19N3O2S/c21-15(12-6-2-1-3-7-12)19-14-9-5-4-8-13(14)16(22)20-17-18-10-11-23-17/h4-5,8-12H,1-3,6-7H2,(H,19,21)(H,18,20,22). The van der Waals surface area contributed by atoms with Crippen molar-refractivity contribution in [3.05, 3.63) is 41.4 Å². The Labute approximate surface area is 139 Å². The third kappa shape index (κ3) is 3.96. The lowest BCUT2D eigenvalue weighted by Gasteiger charge is -2.21. The van der Waals surface area contributed by atoms with E-state index in [0.29, 0.717) is 16.4 Å². The third-order valence-corrected chi connectivity index (χ3v) is 4.75. The summed E-state index contributed by atoms with van der Waals surface area (Å²) in [5, 5.41) is 8.02. The van der Waals surface area contributed by atoms with Gasteiger partial charge in [0.25, 0.3) is 5.91 Å². The Hall–Kier alpha value is -2.21. The molecule has 1 aliphatic carbocycles. The monoisotopic (exact) mass is 329 g/mol. The number of anilines is 2. The zero-order chi connectivity index (χ0) is 16.1. The lowest BCUT2D eigenvalue weighted by molar-refractivity contribution is -0.120. The number of carbonyl (C=O) groups is 2. The second-order valence-electron chi connectivity index (χ2n) is 5.66. The SMILES string of the molecule is O=C(Nc1nccs1)c1ccccc1NC(=O)C1CCCCC1. The highest BCUT2D eigenvalue weighted by Gasteiger charge is 2.22. The number of thiazole rings is 1. The van der Waals surface area contributed by atoms with Crippen molar-refractivity contribution >= 4 is 34.0 Å². The molecule has 1 saturated carbocycles. The van der Waals surface area contributed by atoms with Crippen molar-refractivity contribution in [3.8, 4) is 0 Å². The smallest absolute Gasteiger partial charge is 0.259 e. The molecule has 3 rings (SSSR count). The second kappa shape index (κ2) is 7.37. The summed E-state index contributed by atoms with van der Waals surface area (Å²) < 4.78 is 0. The molecular weight excluding hydrogens is 310 g/mol. The van der Waals surface area contributed by atoms with Gasteiger partial charge in [-0.15, -0.1) is 11.3 Å². The minimum atomic E-state index is -0.264. The Balaban J connectivity index is 1.72. The summed E-state index contributed by atoms with van der Waals surface area (Å²) in [6.45, 7) is 0. The van der Waals surface area contributed by atoms with E-state index < -0.39 is 0 Å². The van der Waals surface area contributed by atoms with Gasteiger partial charge in [0.2, 0.25) is 5.91 Å². The Kier molecular flexibility index (Phi) is 5.02. The molecule has 0 aliphatic heterocycles. The van der Waals surface area contributed by atoms with Gasteiger partial charge in [0.1, 0.15) is 0 Å². The molecule has 2 amide bonds. The van der Waals surface area contributed by atoms with Crippen LogP contribution >= 0.6 is 11.3 Å². The van der Waals surface area contributed by atoms with Gasteiger partial charge in [-0.05, 0) is 25.0 Å². The molecule has 120 valence electrons.